The fourth-order valence-corrected chi connectivity index (χ4v) is 1.89. The number of nitrogens with zero attached hydrogens (tertiary/aromatic N) is 2. The highest BCUT2D eigenvalue weighted by atomic mass is 35.5. The summed E-state index contributed by atoms with van der Waals surface area (Å²) in [6.45, 7) is 0.849. The van der Waals surface area contributed by atoms with E-state index in [2.05, 4.69) is 20.6 Å². The summed E-state index contributed by atoms with van der Waals surface area (Å²) in [7, 11) is 1.55. The highest BCUT2D eigenvalue weighted by Crippen LogP contribution is 2.22. The molecule has 2 aromatic rings. The second kappa shape index (κ2) is 7.46. The van der Waals surface area contributed by atoms with Crippen molar-refractivity contribution in [1.82, 2.24) is 15.3 Å². The van der Waals surface area contributed by atoms with E-state index in [1.54, 1.807) is 31.4 Å². The van der Waals surface area contributed by atoms with Gasteiger partial charge in [-0.1, -0.05) is 17.7 Å². The first-order valence-corrected chi connectivity index (χ1v) is 6.91. The molecule has 0 atom stereocenters. The number of carbonyl (C=O) groups excluding carboxylic acids is 1. The van der Waals surface area contributed by atoms with Gasteiger partial charge < -0.3 is 21.1 Å². The van der Waals surface area contributed by atoms with Gasteiger partial charge in [0.05, 0.1) is 7.11 Å². The van der Waals surface area contributed by atoms with Crippen molar-refractivity contribution in [3.63, 3.8) is 0 Å². The van der Waals surface area contributed by atoms with E-state index in [0.717, 1.165) is 0 Å². The van der Waals surface area contributed by atoms with Gasteiger partial charge in [0, 0.05) is 18.7 Å². The number of methoxy groups -OCH3 is 1. The lowest BCUT2D eigenvalue weighted by Gasteiger charge is -2.09. The molecular formula is C14H16ClN5O2. The van der Waals surface area contributed by atoms with Crippen LogP contribution in [0.2, 0.25) is 5.02 Å². The number of anilines is 2. The Bertz CT molecular complexity index is 665. The van der Waals surface area contributed by atoms with Crippen molar-refractivity contribution in [2.75, 3.05) is 31.2 Å². The highest BCUT2D eigenvalue weighted by molar-refractivity contribution is 6.35. The second-order valence-corrected chi connectivity index (χ2v) is 4.71. The van der Waals surface area contributed by atoms with Gasteiger partial charge in [-0.2, -0.15) is 0 Å². The van der Waals surface area contributed by atoms with E-state index in [1.165, 1.54) is 6.33 Å². The summed E-state index contributed by atoms with van der Waals surface area (Å²) in [5.41, 5.74) is 6.10. The van der Waals surface area contributed by atoms with Gasteiger partial charge in [-0.15, -0.1) is 0 Å². The number of benzene rings is 1. The molecule has 22 heavy (non-hydrogen) atoms. The average Bonchev–Trinajstić information content (AvgIpc) is 2.55. The molecule has 0 unspecified atom stereocenters. The Morgan fingerprint density at radius 1 is 1.36 bits per heavy atom. The molecule has 8 heteroatoms. The Labute approximate surface area is 132 Å². The predicted octanol–water partition coefficient (Wildman–Crippen LogP) is 1.56. The largest absolute Gasteiger partial charge is 0.497 e. The number of hydrogen-bond donors (Lipinski definition) is 3. The molecule has 7 nitrogen and oxygen atoms in total. The van der Waals surface area contributed by atoms with Crippen LogP contribution in [0.3, 0.4) is 0 Å². The highest BCUT2D eigenvalue weighted by Gasteiger charge is 2.07. The average molecular weight is 322 g/mol. The summed E-state index contributed by atoms with van der Waals surface area (Å²) >= 11 is 5.95. The number of nitrogens with two attached hydrogens (primary N) is 1. The Hall–Kier alpha value is -2.54. The molecule has 2 rings (SSSR count). The minimum atomic E-state index is -0.186. The number of rotatable bonds is 6. The zero-order chi connectivity index (χ0) is 15.9. The van der Waals surface area contributed by atoms with Gasteiger partial charge in [-0.25, -0.2) is 9.97 Å². The van der Waals surface area contributed by atoms with Gasteiger partial charge in [0.2, 0.25) is 0 Å². The molecule has 0 spiro atoms. The van der Waals surface area contributed by atoms with Crippen LogP contribution in [0.1, 0.15) is 10.4 Å². The SMILES string of the molecule is COc1cccc(C(=O)NCCNc2ncnc(N)c2Cl)c1. The number of nitrogen functional groups attached to an aromatic ring is 1. The molecule has 0 aliphatic heterocycles. The van der Waals surface area contributed by atoms with Crippen LogP contribution in [0.15, 0.2) is 30.6 Å². The lowest BCUT2D eigenvalue weighted by molar-refractivity contribution is 0.0955. The summed E-state index contributed by atoms with van der Waals surface area (Å²) in [5.74, 6) is 1.09. The lowest BCUT2D eigenvalue weighted by atomic mass is 10.2. The molecule has 0 saturated carbocycles. The molecule has 116 valence electrons. The fourth-order valence-electron chi connectivity index (χ4n) is 1.73. The third-order valence-electron chi connectivity index (χ3n) is 2.85. The number of halogens is 1. The maximum atomic E-state index is 12.0. The van der Waals surface area contributed by atoms with Crippen LogP contribution in [0.25, 0.3) is 0 Å². The van der Waals surface area contributed by atoms with E-state index in [-0.39, 0.29) is 16.7 Å². The third kappa shape index (κ3) is 3.98. The van der Waals surface area contributed by atoms with Crippen molar-refractivity contribution < 1.29 is 9.53 Å². The van der Waals surface area contributed by atoms with Crippen LogP contribution < -0.4 is 21.1 Å². The summed E-state index contributed by atoms with van der Waals surface area (Å²) < 4.78 is 5.08. The number of ether oxygens (including phenoxy) is 1. The topological polar surface area (TPSA) is 102 Å². The Morgan fingerprint density at radius 2 is 2.18 bits per heavy atom. The summed E-state index contributed by atoms with van der Waals surface area (Å²) in [4.78, 5) is 19.7. The predicted molar refractivity (Wildman–Crippen MR) is 85.3 cm³/mol. The molecule has 4 N–H and O–H groups in total. The smallest absolute Gasteiger partial charge is 0.251 e. The van der Waals surface area contributed by atoms with E-state index in [9.17, 15) is 4.79 Å². The summed E-state index contributed by atoms with van der Waals surface area (Å²) in [6, 6.07) is 6.92. The van der Waals surface area contributed by atoms with Crippen molar-refractivity contribution in [3.05, 3.63) is 41.2 Å². The molecule has 0 bridgehead atoms. The van der Waals surface area contributed by atoms with Crippen LogP contribution >= 0.6 is 11.6 Å². The number of hydrogen-bond acceptors (Lipinski definition) is 6. The number of carbonyl (C=O) groups is 1. The number of aromatic nitrogens is 2. The minimum Gasteiger partial charge on any atom is -0.497 e. The van der Waals surface area contributed by atoms with Crippen molar-refractivity contribution in [2.45, 2.75) is 0 Å². The van der Waals surface area contributed by atoms with Crippen LogP contribution in [0.5, 0.6) is 5.75 Å². The molecule has 0 aliphatic rings. The first-order valence-electron chi connectivity index (χ1n) is 6.54. The standard InChI is InChI=1S/C14H16ClN5O2/c1-22-10-4-2-3-9(7-10)14(21)18-6-5-17-13-11(15)12(16)19-8-20-13/h2-4,7-8H,5-6H2,1H3,(H,18,21)(H3,16,17,19,20). The normalized spacial score (nSPS) is 10.1. The maximum absolute atomic E-state index is 12.0. The Balaban J connectivity index is 1.83. The molecule has 0 fully saturated rings. The minimum absolute atomic E-state index is 0.186. The van der Waals surface area contributed by atoms with E-state index >= 15 is 0 Å². The number of amides is 1. The lowest BCUT2D eigenvalue weighted by Crippen LogP contribution is -2.29. The van der Waals surface area contributed by atoms with Gasteiger partial charge in [0.25, 0.3) is 5.91 Å². The molecule has 1 heterocycles. The van der Waals surface area contributed by atoms with Gasteiger partial charge in [-0.3, -0.25) is 4.79 Å². The Kier molecular flexibility index (Phi) is 5.37. The Morgan fingerprint density at radius 3 is 2.95 bits per heavy atom. The first kappa shape index (κ1) is 15.8. The van der Waals surface area contributed by atoms with Gasteiger partial charge >= 0.3 is 0 Å². The molecule has 1 aromatic heterocycles. The summed E-state index contributed by atoms with van der Waals surface area (Å²) in [6.07, 6.45) is 1.32. The van der Waals surface area contributed by atoms with Crippen molar-refractivity contribution in [1.29, 1.82) is 0 Å². The van der Waals surface area contributed by atoms with Crippen molar-refractivity contribution in [2.24, 2.45) is 0 Å². The third-order valence-corrected chi connectivity index (χ3v) is 3.22. The molecule has 1 amide bonds. The van der Waals surface area contributed by atoms with Gasteiger partial charge in [-0.05, 0) is 18.2 Å². The fraction of sp³-hybridized carbons (Fsp3) is 0.214. The van der Waals surface area contributed by atoms with Crippen LogP contribution in [0.4, 0.5) is 11.6 Å². The molecule has 0 radical (unpaired) electrons. The second-order valence-electron chi connectivity index (χ2n) is 4.34. The van der Waals surface area contributed by atoms with Gasteiger partial charge in [0.1, 0.15) is 22.9 Å². The zero-order valence-corrected chi connectivity index (χ0v) is 12.7. The van der Waals surface area contributed by atoms with Crippen molar-refractivity contribution in [3.8, 4) is 5.75 Å². The van der Waals surface area contributed by atoms with Crippen LogP contribution in [0, 0.1) is 0 Å². The first-order chi connectivity index (χ1) is 10.6. The summed E-state index contributed by atoms with van der Waals surface area (Å²) in [5, 5.41) is 6.03. The number of nitrogens with one attached hydrogen (secondary N) is 2. The van der Waals surface area contributed by atoms with E-state index in [4.69, 9.17) is 22.1 Å². The maximum Gasteiger partial charge on any atom is 0.251 e. The molecule has 1 aromatic carbocycles. The molecular weight excluding hydrogens is 306 g/mol. The van der Waals surface area contributed by atoms with Crippen LogP contribution in [-0.4, -0.2) is 36.1 Å². The zero-order valence-electron chi connectivity index (χ0n) is 12.0. The van der Waals surface area contributed by atoms with E-state index < -0.39 is 0 Å². The van der Waals surface area contributed by atoms with Gasteiger partial charge in [0.15, 0.2) is 5.82 Å². The monoisotopic (exact) mass is 321 g/mol. The quantitative estimate of drug-likeness (QED) is 0.698. The van der Waals surface area contributed by atoms with E-state index in [0.29, 0.717) is 30.2 Å². The van der Waals surface area contributed by atoms with Crippen LogP contribution in [-0.2, 0) is 0 Å². The molecule has 0 aliphatic carbocycles. The van der Waals surface area contributed by atoms with E-state index in [1.807, 2.05) is 0 Å². The molecule has 0 saturated heterocycles. The van der Waals surface area contributed by atoms with Crippen molar-refractivity contribution >= 4 is 29.1 Å².